The molecular formula is C10H16O3PS2+. The molecule has 6 heteroatoms. The minimum Gasteiger partial charge on any atom is -0.289 e. The lowest BCUT2D eigenvalue weighted by molar-refractivity contribution is 0.266. The van der Waals surface area contributed by atoms with E-state index in [1.807, 2.05) is 31.4 Å². The molecule has 0 fully saturated rings. The van der Waals surface area contributed by atoms with E-state index in [1.165, 1.54) is 25.2 Å². The Morgan fingerprint density at radius 3 is 2.44 bits per heavy atom. The lowest BCUT2D eigenvalue weighted by Gasteiger charge is -2.02. The van der Waals surface area contributed by atoms with Crippen LogP contribution in [0, 0.1) is 6.92 Å². The molecule has 90 valence electrons. The molecule has 0 amide bonds. The molecule has 0 aliphatic heterocycles. The lowest BCUT2D eigenvalue weighted by atomic mass is 10.2. The molecule has 1 aromatic rings. The van der Waals surface area contributed by atoms with Crippen molar-refractivity contribution in [1.29, 1.82) is 0 Å². The molecule has 0 radical (unpaired) electrons. The third-order valence-electron chi connectivity index (χ3n) is 1.99. The summed E-state index contributed by atoms with van der Waals surface area (Å²) in [5.74, 6) is 0. The fourth-order valence-electron chi connectivity index (χ4n) is 1.13. The quantitative estimate of drug-likeness (QED) is 0.522. The van der Waals surface area contributed by atoms with Crippen molar-refractivity contribution in [1.82, 2.24) is 0 Å². The van der Waals surface area contributed by atoms with Gasteiger partial charge in [0, 0.05) is 20.3 Å². The maximum Gasteiger partial charge on any atom is 0.526 e. The fourth-order valence-corrected chi connectivity index (χ4v) is 4.74. The van der Waals surface area contributed by atoms with E-state index in [0.717, 1.165) is 15.4 Å². The highest BCUT2D eigenvalue weighted by atomic mass is 32.5. The van der Waals surface area contributed by atoms with Gasteiger partial charge in [-0.2, -0.15) is 0 Å². The number of rotatable bonds is 4. The molecule has 0 spiro atoms. The predicted molar refractivity (Wildman–Crippen MR) is 71.7 cm³/mol. The Morgan fingerprint density at radius 2 is 1.94 bits per heavy atom. The van der Waals surface area contributed by atoms with Crippen LogP contribution in [-0.4, -0.2) is 25.4 Å². The maximum atomic E-state index is 10.0. The zero-order valence-electron chi connectivity index (χ0n) is 9.76. The van der Waals surface area contributed by atoms with Gasteiger partial charge in [-0.25, -0.2) is 0 Å². The van der Waals surface area contributed by atoms with Crippen LogP contribution in [0.2, 0.25) is 0 Å². The summed E-state index contributed by atoms with van der Waals surface area (Å²) >= 11 is 1.64. The lowest BCUT2D eigenvalue weighted by Crippen LogP contribution is -1.91. The highest BCUT2D eigenvalue weighted by Crippen LogP contribution is 2.46. The zero-order valence-corrected chi connectivity index (χ0v) is 12.3. The molecule has 0 unspecified atom stereocenters. The van der Waals surface area contributed by atoms with Gasteiger partial charge in [-0.05, 0) is 24.8 Å². The second kappa shape index (κ2) is 6.15. The van der Waals surface area contributed by atoms with Gasteiger partial charge in [-0.15, -0.1) is 11.8 Å². The number of benzene rings is 1. The third kappa shape index (κ3) is 3.55. The Kier molecular flexibility index (Phi) is 5.44. The average Bonchev–Trinajstić information content (AvgIpc) is 2.29. The van der Waals surface area contributed by atoms with Gasteiger partial charge >= 0.3 is 6.72 Å². The Hall–Kier alpha value is 0.100. The smallest absolute Gasteiger partial charge is 0.289 e. The third-order valence-corrected chi connectivity index (χ3v) is 6.78. The molecule has 1 aromatic carbocycles. The standard InChI is InChI=1S/C10H16O3PS2/c1-8-5-6-9(15-4)10(7-8)16-14(11,12-2)13-3/h5-7,11H,1-4H3/q+1. The molecule has 1 rings (SSSR count). The number of aryl methyl sites for hydroxylation is 1. The molecule has 0 aliphatic rings. The van der Waals surface area contributed by atoms with E-state index in [2.05, 4.69) is 0 Å². The molecular weight excluding hydrogens is 263 g/mol. The van der Waals surface area contributed by atoms with Crippen molar-refractivity contribution in [3.8, 4) is 0 Å². The van der Waals surface area contributed by atoms with Crippen molar-refractivity contribution in [2.45, 2.75) is 16.7 Å². The topological polar surface area (TPSA) is 38.7 Å². The first-order valence-electron chi connectivity index (χ1n) is 4.62. The van der Waals surface area contributed by atoms with Gasteiger partial charge in [0.1, 0.15) is 0 Å². The highest BCUT2D eigenvalue weighted by Gasteiger charge is 2.30. The summed E-state index contributed by atoms with van der Waals surface area (Å²) < 4.78 is 10.1. The van der Waals surface area contributed by atoms with Crippen LogP contribution in [0.25, 0.3) is 0 Å². The van der Waals surface area contributed by atoms with Crippen LogP contribution >= 0.6 is 18.5 Å². The first kappa shape index (κ1) is 14.2. The van der Waals surface area contributed by atoms with Crippen LogP contribution < -0.4 is 0 Å². The summed E-state index contributed by atoms with van der Waals surface area (Å²) in [6.07, 6.45) is 2.01. The second-order valence-corrected chi connectivity index (χ2v) is 8.15. The second-order valence-electron chi connectivity index (χ2n) is 3.08. The van der Waals surface area contributed by atoms with Crippen molar-refractivity contribution >= 4 is 29.4 Å². The monoisotopic (exact) mass is 279 g/mol. The highest BCUT2D eigenvalue weighted by molar-refractivity contribution is 8.17. The Balaban J connectivity index is 3.27. The number of hydrogen-bond donors (Lipinski definition) is 1. The van der Waals surface area contributed by atoms with E-state index in [1.54, 1.807) is 11.8 Å². The van der Waals surface area contributed by atoms with Gasteiger partial charge in [0.15, 0.2) is 0 Å². The van der Waals surface area contributed by atoms with Gasteiger partial charge in [-0.1, -0.05) is 6.07 Å². The van der Waals surface area contributed by atoms with Crippen molar-refractivity contribution < 1.29 is 13.9 Å². The van der Waals surface area contributed by atoms with E-state index in [9.17, 15) is 4.89 Å². The van der Waals surface area contributed by atoms with E-state index in [0.29, 0.717) is 0 Å². The molecule has 0 aliphatic carbocycles. The van der Waals surface area contributed by atoms with E-state index >= 15 is 0 Å². The Bertz CT molecular complexity index is 413. The Labute approximate surface area is 104 Å². The molecule has 0 saturated heterocycles. The van der Waals surface area contributed by atoms with Gasteiger partial charge in [-0.3, -0.25) is 13.9 Å². The van der Waals surface area contributed by atoms with Crippen molar-refractivity contribution in [2.75, 3.05) is 20.5 Å². The van der Waals surface area contributed by atoms with Crippen LogP contribution in [0.15, 0.2) is 28.0 Å². The van der Waals surface area contributed by atoms with E-state index in [4.69, 9.17) is 9.05 Å². The maximum absolute atomic E-state index is 10.0. The summed E-state index contributed by atoms with van der Waals surface area (Å²) in [6, 6.07) is 6.12. The summed E-state index contributed by atoms with van der Waals surface area (Å²) in [4.78, 5) is 12.1. The Morgan fingerprint density at radius 1 is 1.31 bits per heavy atom. The average molecular weight is 279 g/mol. The van der Waals surface area contributed by atoms with Crippen LogP contribution in [0.4, 0.5) is 0 Å². The predicted octanol–water partition coefficient (Wildman–Crippen LogP) is 3.12. The van der Waals surface area contributed by atoms with Crippen LogP contribution in [0.3, 0.4) is 0 Å². The molecule has 0 saturated carbocycles. The van der Waals surface area contributed by atoms with Gasteiger partial charge in [0.2, 0.25) is 4.90 Å². The minimum absolute atomic E-state index is 0.993. The first-order valence-corrected chi connectivity index (χ1v) is 8.84. The summed E-state index contributed by atoms with van der Waals surface area (Å²) in [5, 5.41) is 0. The number of thioether (sulfide) groups is 1. The van der Waals surface area contributed by atoms with Gasteiger partial charge < -0.3 is 0 Å². The largest absolute Gasteiger partial charge is 0.526 e. The molecule has 0 atom stereocenters. The minimum atomic E-state index is -2.81. The van der Waals surface area contributed by atoms with Crippen LogP contribution in [0.1, 0.15) is 5.56 Å². The molecule has 0 bridgehead atoms. The molecule has 0 aromatic heterocycles. The summed E-state index contributed by atoms with van der Waals surface area (Å²) in [7, 11) is 4.17. The van der Waals surface area contributed by atoms with Crippen LogP contribution in [0.5, 0.6) is 0 Å². The normalized spacial score (nSPS) is 11.6. The van der Waals surface area contributed by atoms with E-state index < -0.39 is 6.72 Å². The van der Waals surface area contributed by atoms with E-state index in [-0.39, 0.29) is 0 Å². The molecule has 16 heavy (non-hydrogen) atoms. The summed E-state index contributed by atoms with van der Waals surface area (Å²) in [6.45, 7) is -0.791. The first-order chi connectivity index (χ1) is 7.54. The molecule has 1 N–H and O–H groups in total. The SMILES string of the molecule is COP(O)(OC)=[S+]c1cc(C)ccc1SC. The van der Waals surface area contributed by atoms with Gasteiger partial charge in [0.25, 0.3) is 10.9 Å². The summed E-state index contributed by atoms with van der Waals surface area (Å²) in [5.41, 5.74) is 1.15. The van der Waals surface area contributed by atoms with Crippen molar-refractivity contribution in [3.63, 3.8) is 0 Å². The van der Waals surface area contributed by atoms with Crippen molar-refractivity contribution in [2.24, 2.45) is 0 Å². The molecule has 0 heterocycles. The van der Waals surface area contributed by atoms with Crippen molar-refractivity contribution in [3.05, 3.63) is 23.8 Å². The van der Waals surface area contributed by atoms with Crippen LogP contribution in [-0.2, 0) is 20.0 Å². The van der Waals surface area contributed by atoms with Gasteiger partial charge in [0.05, 0.1) is 4.90 Å². The molecule has 3 nitrogen and oxygen atoms in total. The zero-order chi connectivity index (χ0) is 12.2. The number of hydrogen-bond acceptors (Lipinski definition) is 3. The fraction of sp³-hybridized carbons (Fsp3) is 0.400.